The van der Waals surface area contributed by atoms with Crippen LogP contribution in [-0.2, 0) is 0 Å². The highest BCUT2D eigenvalue weighted by atomic mass is 16.3. The molecule has 13 rings (SSSR count). The van der Waals surface area contributed by atoms with Crippen molar-refractivity contribution in [2.75, 3.05) is 4.90 Å². The lowest BCUT2D eigenvalue weighted by Gasteiger charge is -2.27. The van der Waals surface area contributed by atoms with Crippen molar-refractivity contribution in [3.63, 3.8) is 0 Å². The molecule has 0 saturated carbocycles. The molecule has 0 aliphatic rings. The van der Waals surface area contributed by atoms with Crippen LogP contribution < -0.4 is 4.90 Å². The molecular formula is C60H38N2O. The molecule has 13 aromatic rings. The molecule has 294 valence electrons. The fraction of sp³-hybridized carbons (Fsp3) is 0. The van der Waals surface area contributed by atoms with Gasteiger partial charge in [-0.3, -0.25) is 0 Å². The maximum atomic E-state index is 7.09. The van der Waals surface area contributed by atoms with Gasteiger partial charge in [0.05, 0.1) is 22.1 Å². The summed E-state index contributed by atoms with van der Waals surface area (Å²) >= 11 is 0. The summed E-state index contributed by atoms with van der Waals surface area (Å²) in [7, 11) is 0. The quantitative estimate of drug-likeness (QED) is 0.156. The van der Waals surface area contributed by atoms with E-state index >= 15 is 0 Å². The van der Waals surface area contributed by atoms with Gasteiger partial charge in [0.15, 0.2) is 0 Å². The zero-order valence-corrected chi connectivity index (χ0v) is 34.2. The highest BCUT2D eigenvalue weighted by Gasteiger charge is 2.24. The zero-order valence-electron chi connectivity index (χ0n) is 34.2. The lowest BCUT2D eigenvalue weighted by atomic mass is 9.93. The summed E-state index contributed by atoms with van der Waals surface area (Å²) in [5.74, 6) is 0. The average molecular weight is 803 g/mol. The molecule has 0 aliphatic heterocycles. The van der Waals surface area contributed by atoms with Crippen LogP contribution in [0.25, 0.3) is 104 Å². The van der Waals surface area contributed by atoms with Gasteiger partial charge in [-0.2, -0.15) is 0 Å². The van der Waals surface area contributed by atoms with Crippen LogP contribution in [-0.4, -0.2) is 4.57 Å². The van der Waals surface area contributed by atoms with Crippen molar-refractivity contribution in [2.45, 2.75) is 0 Å². The third kappa shape index (κ3) is 5.53. The van der Waals surface area contributed by atoms with Gasteiger partial charge in [0.1, 0.15) is 11.2 Å². The smallest absolute Gasteiger partial charge is 0.145 e. The molecule has 2 heterocycles. The van der Waals surface area contributed by atoms with Crippen molar-refractivity contribution in [1.29, 1.82) is 0 Å². The van der Waals surface area contributed by atoms with E-state index in [1.54, 1.807) is 0 Å². The summed E-state index contributed by atoms with van der Waals surface area (Å²) in [6, 6.07) is 83.4. The first-order valence-electron chi connectivity index (χ1n) is 21.6. The number of rotatable bonds is 6. The van der Waals surface area contributed by atoms with Gasteiger partial charge in [0.2, 0.25) is 0 Å². The maximum Gasteiger partial charge on any atom is 0.145 e. The van der Waals surface area contributed by atoms with E-state index < -0.39 is 0 Å². The molecule has 0 aliphatic carbocycles. The van der Waals surface area contributed by atoms with Crippen molar-refractivity contribution in [3.8, 4) is 27.9 Å². The minimum atomic E-state index is 0.882. The number of para-hydroxylation sites is 3. The average Bonchev–Trinajstić information content (AvgIpc) is 3.92. The lowest BCUT2D eigenvalue weighted by molar-refractivity contribution is 0.674. The van der Waals surface area contributed by atoms with E-state index in [1.807, 2.05) is 0 Å². The van der Waals surface area contributed by atoms with Gasteiger partial charge < -0.3 is 13.9 Å². The van der Waals surface area contributed by atoms with Crippen molar-refractivity contribution in [2.24, 2.45) is 0 Å². The Morgan fingerprint density at radius 3 is 1.56 bits per heavy atom. The van der Waals surface area contributed by atoms with Gasteiger partial charge >= 0.3 is 0 Å². The SMILES string of the molecule is c1ccc(-c2cccc3c2oc2c4ccccc4cc(N(c4ccc(-c5cc6ccccc6c6ccccc56)cc4)c4ccc(-n5c6ccccc6c6ccccc65)cc4)c32)cc1. The molecule has 0 saturated heterocycles. The normalized spacial score (nSPS) is 11.8. The predicted octanol–water partition coefficient (Wildman–Crippen LogP) is 16.9. The second kappa shape index (κ2) is 14.1. The molecule has 0 spiro atoms. The first-order valence-corrected chi connectivity index (χ1v) is 21.6. The molecule has 2 aromatic heterocycles. The summed E-state index contributed by atoms with van der Waals surface area (Å²) in [6.45, 7) is 0. The van der Waals surface area contributed by atoms with Crippen molar-refractivity contribution in [3.05, 3.63) is 231 Å². The fourth-order valence-corrected chi connectivity index (χ4v) is 10.1. The van der Waals surface area contributed by atoms with E-state index in [1.165, 1.54) is 54.5 Å². The molecule has 63 heavy (non-hydrogen) atoms. The Hall–Kier alpha value is -8.40. The topological polar surface area (TPSA) is 21.3 Å². The first-order chi connectivity index (χ1) is 31.3. The Labute approximate surface area is 363 Å². The van der Waals surface area contributed by atoms with Gasteiger partial charge in [-0.05, 0) is 104 Å². The maximum absolute atomic E-state index is 7.09. The second-order valence-corrected chi connectivity index (χ2v) is 16.4. The summed E-state index contributed by atoms with van der Waals surface area (Å²) in [4.78, 5) is 2.41. The lowest BCUT2D eigenvalue weighted by Crippen LogP contribution is -2.10. The van der Waals surface area contributed by atoms with Crippen LogP contribution in [0.3, 0.4) is 0 Å². The fourth-order valence-electron chi connectivity index (χ4n) is 10.1. The molecule has 11 aromatic carbocycles. The Morgan fingerprint density at radius 1 is 0.333 bits per heavy atom. The van der Waals surface area contributed by atoms with E-state index in [4.69, 9.17) is 4.42 Å². The van der Waals surface area contributed by atoms with Gasteiger partial charge in [-0.25, -0.2) is 0 Å². The van der Waals surface area contributed by atoms with Crippen LogP contribution in [0.2, 0.25) is 0 Å². The number of hydrogen-bond acceptors (Lipinski definition) is 2. The molecule has 0 amide bonds. The van der Waals surface area contributed by atoms with Gasteiger partial charge in [-0.1, -0.05) is 170 Å². The Balaban J connectivity index is 1.05. The van der Waals surface area contributed by atoms with E-state index in [0.717, 1.165) is 66.6 Å². The largest absolute Gasteiger partial charge is 0.455 e. The van der Waals surface area contributed by atoms with Crippen molar-refractivity contribution >= 4 is 93.1 Å². The van der Waals surface area contributed by atoms with Crippen LogP contribution in [0.5, 0.6) is 0 Å². The first kappa shape index (κ1) is 35.4. The number of benzene rings is 11. The third-order valence-electron chi connectivity index (χ3n) is 12.9. The minimum absolute atomic E-state index is 0.882. The summed E-state index contributed by atoms with van der Waals surface area (Å²) in [5.41, 5.74) is 13.0. The number of furan rings is 1. The monoisotopic (exact) mass is 802 g/mol. The molecular weight excluding hydrogens is 765 g/mol. The minimum Gasteiger partial charge on any atom is -0.455 e. The standard InChI is InChI=1S/C60H38N2O/c1-2-15-39(16-3-1)47-25-14-26-53-58-57(38-42-18-5-7-20-48(42)60(58)63-59(47)53)61(44-33-35-45(36-34-44)62-55-27-12-10-23-51(55)52-24-11-13-28-56(52)62)43-31-29-40(30-32-43)54-37-41-17-4-6-19-46(41)49-21-8-9-22-50(49)54/h1-38H. The number of hydrogen-bond donors (Lipinski definition) is 0. The summed E-state index contributed by atoms with van der Waals surface area (Å²) in [5, 5.41) is 11.9. The summed E-state index contributed by atoms with van der Waals surface area (Å²) in [6.07, 6.45) is 0. The van der Waals surface area contributed by atoms with Crippen LogP contribution in [0, 0.1) is 0 Å². The Morgan fingerprint density at radius 2 is 0.857 bits per heavy atom. The summed E-state index contributed by atoms with van der Waals surface area (Å²) < 4.78 is 9.47. The van der Waals surface area contributed by atoms with Gasteiger partial charge in [0, 0.05) is 44.2 Å². The Bertz CT molecular complexity index is 3840. The van der Waals surface area contributed by atoms with Crippen LogP contribution in [0.1, 0.15) is 0 Å². The molecule has 0 atom stereocenters. The molecule has 3 heteroatoms. The number of nitrogens with zero attached hydrogens (tertiary/aromatic N) is 2. The van der Waals surface area contributed by atoms with E-state index in [0.29, 0.717) is 0 Å². The van der Waals surface area contributed by atoms with E-state index in [2.05, 4.69) is 240 Å². The van der Waals surface area contributed by atoms with Crippen molar-refractivity contribution in [1.82, 2.24) is 4.57 Å². The molecule has 0 bridgehead atoms. The van der Waals surface area contributed by atoms with Gasteiger partial charge in [0.25, 0.3) is 0 Å². The molecule has 0 N–H and O–H groups in total. The second-order valence-electron chi connectivity index (χ2n) is 16.4. The van der Waals surface area contributed by atoms with Crippen LogP contribution in [0.4, 0.5) is 17.1 Å². The molecule has 0 fully saturated rings. The highest BCUT2D eigenvalue weighted by Crippen LogP contribution is 2.48. The Kier molecular flexibility index (Phi) is 7.91. The van der Waals surface area contributed by atoms with Gasteiger partial charge in [-0.15, -0.1) is 0 Å². The number of fused-ring (bicyclic) bond motifs is 11. The van der Waals surface area contributed by atoms with E-state index in [-0.39, 0.29) is 0 Å². The third-order valence-corrected chi connectivity index (χ3v) is 12.9. The van der Waals surface area contributed by atoms with Crippen LogP contribution in [0.15, 0.2) is 235 Å². The zero-order chi connectivity index (χ0) is 41.4. The van der Waals surface area contributed by atoms with E-state index in [9.17, 15) is 0 Å². The predicted molar refractivity (Wildman–Crippen MR) is 266 cm³/mol. The molecule has 0 radical (unpaired) electrons. The van der Waals surface area contributed by atoms with Crippen molar-refractivity contribution < 1.29 is 4.42 Å². The number of aromatic nitrogens is 1. The molecule has 3 nitrogen and oxygen atoms in total. The van der Waals surface area contributed by atoms with Crippen LogP contribution >= 0.6 is 0 Å². The highest BCUT2D eigenvalue weighted by molar-refractivity contribution is 6.23. The number of anilines is 3. The molecule has 0 unspecified atom stereocenters.